The van der Waals surface area contributed by atoms with Crippen LogP contribution in [-0.2, 0) is 0 Å². The zero-order valence-electron chi connectivity index (χ0n) is 10.5. The van der Waals surface area contributed by atoms with Crippen LogP contribution in [0.25, 0.3) is 0 Å². The quantitative estimate of drug-likeness (QED) is 0.848. The molecular formula is C14H18O3S. The number of thioether (sulfide) groups is 1. The lowest BCUT2D eigenvalue weighted by Gasteiger charge is -2.42. The van der Waals surface area contributed by atoms with Crippen molar-refractivity contribution in [3.8, 4) is 11.5 Å². The molecule has 18 heavy (non-hydrogen) atoms. The highest BCUT2D eigenvalue weighted by atomic mass is 32.2. The largest absolute Gasteiger partial charge is 0.497 e. The van der Waals surface area contributed by atoms with E-state index in [0.717, 1.165) is 29.2 Å². The number of rotatable bonds is 1. The molecule has 0 amide bonds. The standard InChI is InChI=1S/C14H18O3S/c1-16-10-3-4-13-11(7-10)12(15)8-14(17-13)5-2-6-18-9-14/h3-4,7,12,15H,2,5-6,8-9H2,1H3/t12-,14?/m0/s1. The number of fused-ring (bicyclic) bond motifs is 1. The smallest absolute Gasteiger partial charge is 0.126 e. The molecule has 1 aromatic carbocycles. The van der Waals surface area contributed by atoms with Gasteiger partial charge in [-0.2, -0.15) is 11.8 Å². The highest BCUT2D eigenvalue weighted by Crippen LogP contribution is 2.45. The Kier molecular flexibility index (Phi) is 3.16. The second-order valence-corrected chi connectivity index (χ2v) is 6.17. The van der Waals surface area contributed by atoms with E-state index in [-0.39, 0.29) is 5.60 Å². The van der Waals surface area contributed by atoms with Crippen molar-refractivity contribution in [1.82, 2.24) is 0 Å². The summed E-state index contributed by atoms with van der Waals surface area (Å²) in [4.78, 5) is 0. The number of hydrogen-bond acceptors (Lipinski definition) is 4. The summed E-state index contributed by atoms with van der Waals surface area (Å²) in [5, 5.41) is 10.4. The zero-order valence-corrected chi connectivity index (χ0v) is 11.3. The Labute approximate surface area is 111 Å². The summed E-state index contributed by atoms with van der Waals surface area (Å²) < 4.78 is 11.4. The molecule has 1 N–H and O–H groups in total. The molecule has 1 spiro atoms. The van der Waals surface area contributed by atoms with Crippen LogP contribution < -0.4 is 9.47 Å². The Morgan fingerprint density at radius 2 is 2.39 bits per heavy atom. The van der Waals surface area contributed by atoms with Gasteiger partial charge in [-0.1, -0.05) is 0 Å². The molecule has 0 radical (unpaired) electrons. The number of methoxy groups -OCH3 is 1. The van der Waals surface area contributed by atoms with Gasteiger partial charge < -0.3 is 14.6 Å². The SMILES string of the molecule is COc1ccc2c(c1)[C@@H](O)CC1(CCCSC1)O2. The lowest BCUT2D eigenvalue weighted by molar-refractivity contribution is -0.00568. The molecule has 0 aromatic heterocycles. The first-order valence-corrected chi connectivity index (χ1v) is 7.51. The summed E-state index contributed by atoms with van der Waals surface area (Å²) in [5.74, 6) is 3.77. The van der Waals surface area contributed by atoms with Crippen LogP contribution in [0.5, 0.6) is 11.5 Å². The van der Waals surface area contributed by atoms with Crippen LogP contribution in [0.1, 0.15) is 30.9 Å². The van der Waals surface area contributed by atoms with Gasteiger partial charge in [0.2, 0.25) is 0 Å². The van der Waals surface area contributed by atoms with E-state index in [1.165, 1.54) is 12.2 Å². The molecule has 0 bridgehead atoms. The Balaban J connectivity index is 1.92. The molecule has 1 saturated heterocycles. The molecule has 2 heterocycles. The molecule has 2 aliphatic heterocycles. The van der Waals surface area contributed by atoms with Gasteiger partial charge in [-0.15, -0.1) is 0 Å². The van der Waals surface area contributed by atoms with E-state index < -0.39 is 6.10 Å². The van der Waals surface area contributed by atoms with Crippen LogP contribution in [0.4, 0.5) is 0 Å². The van der Waals surface area contributed by atoms with Crippen LogP contribution in [0, 0.1) is 0 Å². The van der Waals surface area contributed by atoms with Crippen LogP contribution in [0.15, 0.2) is 18.2 Å². The van der Waals surface area contributed by atoms with Crippen molar-refractivity contribution in [2.24, 2.45) is 0 Å². The van der Waals surface area contributed by atoms with Gasteiger partial charge >= 0.3 is 0 Å². The second kappa shape index (κ2) is 4.67. The van der Waals surface area contributed by atoms with Crippen molar-refractivity contribution < 1.29 is 14.6 Å². The van der Waals surface area contributed by atoms with E-state index in [2.05, 4.69) is 0 Å². The molecule has 3 nitrogen and oxygen atoms in total. The van der Waals surface area contributed by atoms with E-state index in [4.69, 9.17) is 9.47 Å². The maximum absolute atomic E-state index is 10.4. The first-order chi connectivity index (χ1) is 8.72. The predicted molar refractivity (Wildman–Crippen MR) is 72.5 cm³/mol. The Morgan fingerprint density at radius 1 is 1.50 bits per heavy atom. The molecular weight excluding hydrogens is 248 g/mol. The van der Waals surface area contributed by atoms with Gasteiger partial charge in [0.1, 0.15) is 17.1 Å². The first kappa shape index (κ1) is 12.2. The van der Waals surface area contributed by atoms with Crippen molar-refractivity contribution in [2.45, 2.75) is 31.0 Å². The summed E-state index contributed by atoms with van der Waals surface area (Å²) >= 11 is 1.92. The molecule has 1 fully saturated rings. The number of ether oxygens (including phenoxy) is 2. The Morgan fingerprint density at radius 3 is 3.11 bits per heavy atom. The second-order valence-electron chi connectivity index (χ2n) is 5.06. The number of aliphatic hydroxyl groups excluding tert-OH is 1. The highest BCUT2D eigenvalue weighted by molar-refractivity contribution is 7.99. The van der Waals surface area contributed by atoms with Gasteiger partial charge in [0, 0.05) is 17.7 Å². The van der Waals surface area contributed by atoms with Crippen molar-refractivity contribution in [2.75, 3.05) is 18.6 Å². The normalized spacial score (nSPS) is 30.7. The van der Waals surface area contributed by atoms with Gasteiger partial charge in [0.25, 0.3) is 0 Å². The number of aliphatic hydroxyl groups is 1. The van der Waals surface area contributed by atoms with Gasteiger partial charge in [-0.25, -0.2) is 0 Å². The molecule has 3 rings (SSSR count). The first-order valence-electron chi connectivity index (χ1n) is 6.35. The van der Waals surface area contributed by atoms with E-state index in [1.54, 1.807) is 7.11 Å². The third-order valence-corrected chi connectivity index (χ3v) is 5.06. The van der Waals surface area contributed by atoms with Gasteiger partial charge in [-0.05, 0) is 36.8 Å². The third-order valence-electron chi connectivity index (χ3n) is 3.75. The molecule has 0 aliphatic carbocycles. The number of hydrogen-bond donors (Lipinski definition) is 1. The minimum absolute atomic E-state index is 0.163. The Hall–Kier alpha value is -0.870. The topological polar surface area (TPSA) is 38.7 Å². The lowest BCUT2D eigenvalue weighted by Crippen LogP contribution is -2.45. The maximum Gasteiger partial charge on any atom is 0.126 e. The lowest BCUT2D eigenvalue weighted by atomic mass is 9.86. The molecule has 98 valence electrons. The predicted octanol–water partition coefficient (Wildman–Crippen LogP) is 2.78. The minimum Gasteiger partial charge on any atom is -0.497 e. The van der Waals surface area contributed by atoms with Gasteiger partial charge in [0.15, 0.2) is 0 Å². The van der Waals surface area contributed by atoms with Crippen molar-refractivity contribution in [3.63, 3.8) is 0 Å². The van der Waals surface area contributed by atoms with E-state index in [0.29, 0.717) is 6.42 Å². The highest BCUT2D eigenvalue weighted by Gasteiger charge is 2.41. The van der Waals surface area contributed by atoms with Crippen LogP contribution in [0.3, 0.4) is 0 Å². The minimum atomic E-state index is -0.442. The van der Waals surface area contributed by atoms with E-state index in [9.17, 15) is 5.11 Å². The average Bonchev–Trinajstić information content (AvgIpc) is 2.39. The molecule has 4 heteroatoms. The van der Waals surface area contributed by atoms with E-state index >= 15 is 0 Å². The number of benzene rings is 1. The summed E-state index contributed by atoms with van der Waals surface area (Å²) in [5.41, 5.74) is 0.694. The van der Waals surface area contributed by atoms with Crippen LogP contribution >= 0.6 is 11.8 Å². The van der Waals surface area contributed by atoms with Crippen molar-refractivity contribution in [1.29, 1.82) is 0 Å². The fraction of sp³-hybridized carbons (Fsp3) is 0.571. The third kappa shape index (κ3) is 2.08. The molecule has 2 aliphatic rings. The average molecular weight is 266 g/mol. The molecule has 2 atom stereocenters. The van der Waals surface area contributed by atoms with Crippen LogP contribution in [0.2, 0.25) is 0 Å². The monoisotopic (exact) mass is 266 g/mol. The fourth-order valence-corrected chi connectivity index (χ4v) is 4.00. The summed E-state index contributed by atoms with van der Waals surface area (Å²) in [6, 6.07) is 5.68. The molecule has 1 aromatic rings. The van der Waals surface area contributed by atoms with Crippen molar-refractivity contribution >= 4 is 11.8 Å². The van der Waals surface area contributed by atoms with E-state index in [1.807, 2.05) is 30.0 Å². The van der Waals surface area contributed by atoms with Gasteiger partial charge in [0.05, 0.1) is 13.2 Å². The summed E-state index contributed by atoms with van der Waals surface area (Å²) in [6.07, 6.45) is 2.47. The van der Waals surface area contributed by atoms with Gasteiger partial charge in [-0.3, -0.25) is 0 Å². The van der Waals surface area contributed by atoms with Crippen LogP contribution in [-0.4, -0.2) is 29.3 Å². The van der Waals surface area contributed by atoms with Crippen molar-refractivity contribution in [3.05, 3.63) is 23.8 Å². The fourth-order valence-electron chi connectivity index (χ4n) is 2.81. The maximum atomic E-state index is 10.4. The zero-order chi connectivity index (χ0) is 12.6. The molecule has 1 unspecified atom stereocenters. The summed E-state index contributed by atoms with van der Waals surface area (Å²) in [7, 11) is 1.64. The summed E-state index contributed by atoms with van der Waals surface area (Å²) in [6.45, 7) is 0. The molecule has 0 saturated carbocycles. The Bertz CT molecular complexity index is 441.